The van der Waals surface area contributed by atoms with Crippen LogP contribution in [0, 0.1) is 0 Å². The summed E-state index contributed by atoms with van der Waals surface area (Å²) in [5.74, 6) is 1.07. The number of amides is 3. The fraction of sp³-hybridized carbons (Fsp3) is 0.714. The smallest absolute Gasteiger partial charge is 0.318 e. The summed E-state index contributed by atoms with van der Waals surface area (Å²) in [6.07, 6.45) is 0.449. The molecule has 0 aromatic heterocycles. The van der Waals surface area contributed by atoms with Gasteiger partial charge < -0.3 is 5.73 Å². The van der Waals surface area contributed by atoms with Gasteiger partial charge in [-0.3, -0.25) is 10.1 Å². The molecule has 15 heavy (non-hydrogen) atoms. The number of urea groups is 1. The molecule has 0 fully saturated rings. The van der Waals surface area contributed by atoms with E-state index >= 15 is 0 Å². The standard InChI is InChI=1S/C7H13Cl2N3O2S/c1-2-15-4-3-5(12(8)9)6(13)11-7(10)14/h5H,2-4H2,1H3,(H3,10,11,13,14). The Morgan fingerprint density at radius 1 is 1.53 bits per heavy atom. The molecule has 3 N–H and O–H groups in total. The van der Waals surface area contributed by atoms with Gasteiger partial charge in [0, 0.05) is 0 Å². The molecule has 88 valence electrons. The molecule has 1 atom stereocenters. The molecule has 5 nitrogen and oxygen atoms in total. The van der Waals surface area contributed by atoms with Gasteiger partial charge in [0.05, 0.1) is 0 Å². The zero-order valence-corrected chi connectivity index (χ0v) is 10.5. The van der Waals surface area contributed by atoms with Crippen molar-refractivity contribution in [2.75, 3.05) is 11.5 Å². The molecular formula is C7H13Cl2N3O2S. The van der Waals surface area contributed by atoms with E-state index in [1.54, 1.807) is 11.8 Å². The fourth-order valence-corrected chi connectivity index (χ4v) is 1.91. The van der Waals surface area contributed by atoms with E-state index in [1.165, 1.54) is 0 Å². The number of hydrogen-bond acceptors (Lipinski definition) is 4. The minimum atomic E-state index is -0.914. The summed E-state index contributed by atoms with van der Waals surface area (Å²) < 4.78 is 0.731. The normalized spacial score (nSPS) is 12.5. The average molecular weight is 274 g/mol. The summed E-state index contributed by atoms with van der Waals surface area (Å²) in [6.45, 7) is 2.00. The Bertz CT molecular complexity index is 228. The second-order valence-electron chi connectivity index (χ2n) is 2.61. The maximum absolute atomic E-state index is 11.4. The zero-order valence-electron chi connectivity index (χ0n) is 8.20. The summed E-state index contributed by atoms with van der Waals surface area (Å²) in [5, 5.41) is 1.93. The van der Waals surface area contributed by atoms with Crippen molar-refractivity contribution in [2.24, 2.45) is 5.73 Å². The van der Waals surface area contributed by atoms with Crippen LogP contribution in [-0.4, -0.2) is 33.4 Å². The van der Waals surface area contributed by atoms with Crippen LogP contribution in [0.25, 0.3) is 0 Å². The van der Waals surface area contributed by atoms with Crippen molar-refractivity contribution in [3.05, 3.63) is 0 Å². The number of halogens is 2. The summed E-state index contributed by atoms with van der Waals surface area (Å²) >= 11 is 12.6. The van der Waals surface area contributed by atoms with Crippen LogP contribution < -0.4 is 11.1 Å². The number of imide groups is 1. The molecule has 0 bridgehead atoms. The lowest BCUT2D eigenvalue weighted by molar-refractivity contribution is -0.122. The molecule has 0 aromatic rings. The van der Waals surface area contributed by atoms with E-state index in [2.05, 4.69) is 0 Å². The predicted molar refractivity (Wildman–Crippen MR) is 62.7 cm³/mol. The quantitative estimate of drug-likeness (QED) is 0.565. The topological polar surface area (TPSA) is 75.4 Å². The number of nitrogens with zero attached hydrogens (tertiary/aromatic N) is 1. The van der Waals surface area contributed by atoms with Crippen molar-refractivity contribution < 1.29 is 9.59 Å². The van der Waals surface area contributed by atoms with Crippen LogP contribution in [-0.2, 0) is 4.79 Å². The van der Waals surface area contributed by atoms with Gasteiger partial charge in [-0.2, -0.15) is 11.8 Å². The summed E-state index contributed by atoms with van der Waals surface area (Å²) in [6, 6.07) is -1.68. The molecule has 0 spiro atoms. The number of nitrogens with one attached hydrogen (secondary N) is 1. The van der Waals surface area contributed by atoms with E-state index in [4.69, 9.17) is 29.3 Å². The SMILES string of the molecule is CCSCCC(C(=O)NC(N)=O)N(Cl)Cl. The highest BCUT2D eigenvalue weighted by molar-refractivity contribution is 7.99. The van der Waals surface area contributed by atoms with Gasteiger partial charge in [0.15, 0.2) is 0 Å². The van der Waals surface area contributed by atoms with Gasteiger partial charge in [-0.15, -0.1) is 3.94 Å². The Balaban J connectivity index is 4.13. The van der Waals surface area contributed by atoms with Gasteiger partial charge in [0.2, 0.25) is 5.91 Å². The number of carbonyl (C=O) groups excluding carboxylic acids is 2. The van der Waals surface area contributed by atoms with E-state index < -0.39 is 18.0 Å². The Morgan fingerprint density at radius 3 is 2.53 bits per heavy atom. The summed E-state index contributed by atoms with van der Waals surface area (Å²) in [7, 11) is 0. The molecule has 0 saturated carbocycles. The molecule has 0 rings (SSSR count). The molecule has 0 aliphatic heterocycles. The van der Waals surface area contributed by atoms with Crippen molar-refractivity contribution in [1.29, 1.82) is 0 Å². The van der Waals surface area contributed by atoms with Gasteiger partial charge in [0.25, 0.3) is 0 Å². The van der Waals surface area contributed by atoms with Gasteiger partial charge in [0.1, 0.15) is 6.04 Å². The first-order valence-corrected chi connectivity index (χ1v) is 6.11. The number of rotatable bonds is 6. The van der Waals surface area contributed by atoms with Crippen LogP contribution in [0.4, 0.5) is 4.79 Å². The molecule has 8 heteroatoms. The van der Waals surface area contributed by atoms with Crippen LogP contribution >= 0.6 is 35.3 Å². The van der Waals surface area contributed by atoms with Gasteiger partial charge in [-0.1, -0.05) is 6.92 Å². The third-order valence-electron chi connectivity index (χ3n) is 1.52. The van der Waals surface area contributed by atoms with Crippen molar-refractivity contribution in [3.8, 4) is 0 Å². The largest absolute Gasteiger partial charge is 0.351 e. The minimum Gasteiger partial charge on any atom is -0.351 e. The van der Waals surface area contributed by atoms with E-state index in [0.717, 1.165) is 15.4 Å². The molecule has 0 aromatic carbocycles. The van der Waals surface area contributed by atoms with Crippen LogP contribution in [0.5, 0.6) is 0 Å². The molecule has 3 amide bonds. The van der Waals surface area contributed by atoms with E-state index in [-0.39, 0.29) is 0 Å². The molecule has 0 aliphatic rings. The number of primary amides is 1. The number of hydrogen-bond donors (Lipinski definition) is 2. The van der Waals surface area contributed by atoms with Crippen LogP contribution in [0.2, 0.25) is 0 Å². The van der Waals surface area contributed by atoms with Gasteiger partial charge >= 0.3 is 6.03 Å². The van der Waals surface area contributed by atoms with E-state index in [9.17, 15) is 9.59 Å². The number of nitrogens with two attached hydrogens (primary N) is 1. The zero-order chi connectivity index (χ0) is 11.8. The van der Waals surface area contributed by atoms with Gasteiger partial charge in [-0.05, 0) is 41.5 Å². The lowest BCUT2D eigenvalue weighted by atomic mass is 10.2. The van der Waals surface area contributed by atoms with Crippen molar-refractivity contribution in [3.63, 3.8) is 0 Å². The second-order valence-corrected chi connectivity index (χ2v) is 4.91. The Kier molecular flexibility index (Phi) is 7.95. The Hall–Kier alpha value is -0.170. The first-order valence-electron chi connectivity index (χ1n) is 4.27. The lowest BCUT2D eigenvalue weighted by Gasteiger charge is -2.17. The molecule has 0 saturated heterocycles. The Morgan fingerprint density at radius 2 is 2.13 bits per heavy atom. The van der Waals surface area contributed by atoms with Crippen LogP contribution in [0.1, 0.15) is 13.3 Å². The molecule has 1 unspecified atom stereocenters. The summed E-state index contributed by atoms with van der Waals surface area (Å²) in [5.41, 5.74) is 4.81. The maximum Gasteiger partial charge on any atom is 0.318 e. The lowest BCUT2D eigenvalue weighted by Crippen LogP contribution is -2.45. The average Bonchev–Trinajstić information content (AvgIpc) is 2.10. The minimum absolute atomic E-state index is 0.449. The third-order valence-corrected chi connectivity index (χ3v) is 2.93. The highest BCUT2D eigenvalue weighted by Crippen LogP contribution is 2.14. The van der Waals surface area contributed by atoms with Gasteiger partial charge in [-0.25, -0.2) is 4.79 Å². The van der Waals surface area contributed by atoms with Crippen molar-refractivity contribution >= 4 is 47.3 Å². The van der Waals surface area contributed by atoms with Crippen LogP contribution in [0.3, 0.4) is 0 Å². The highest BCUT2D eigenvalue weighted by atomic mass is 35.5. The Labute approximate surface area is 103 Å². The first-order chi connectivity index (χ1) is 6.99. The fourth-order valence-electron chi connectivity index (χ4n) is 0.861. The highest BCUT2D eigenvalue weighted by Gasteiger charge is 2.24. The van der Waals surface area contributed by atoms with Crippen molar-refractivity contribution in [1.82, 2.24) is 9.25 Å². The van der Waals surface area contributed by atoms with Crippen molar-refractivity contribution in [2.45, 2.75) is 19.4 Å². The maximum atomic E-state index is 11.4. The number of thioether (sulfide) groups is 1. The first kappa shape index (κ1) is 14.8. The van der Waals surface area contributed by atoms with E-state index in [0.29, 0.717) is 6.42 Å². The predicted octanol–water partition coefficient (Wildman–Crippen LogP) is 1.30. The summed E-state index contributed by atoms with van der Waals surface area (Å²) in [4.78, 5) is 21.8. The van der Waals surface area contributed by atoms with E-state index in [1.807, 2.05) is 12.2 Å². The second kappa shape index (κ2) is 8.04. The monoisotopic (exact) mass is 273 g/mol. The third kappa shape index (κ3) is 6.83. The van der Waals surface area contributed by atoms with Crippen LogP contribution in [0.15, 0.2) is 0 Å². The number of carbonyl (C=O) groups is 2. The molecular weight excluding hydrogens is 261 g/mol. The molecule has 0 aliphatic carbocycles. The molecule has 0 radical (unpaired) electrons. The molecule has 0 heterocycles.